The van der Waals surface area contributed by atoms with E-state index in [0.717, 1.165) is 5.56 Å². The Morgan fingerprint density at radius 3 is 2.29 bits per heavy atom. The van der Waals surface area contributed by atoms with Gasteiger partial charge in [-0.15, -0.1) is 0 Å². The van der Waals surface area contributed by atoms with Gasteiger partial charge in [-0.2, -0.15) is 0 Å². The highest BCUT2D eigenvalue weighted by molar-refractivity contribution is 7.89. The molecule has 2 rings (SSSR count). The number of nitrogen functional groups attached to an aromatic ring is 1. The number of nitrogens with one attached hydrogen (secondary N) is 1. The highest BCUT2D eigenvalue weighted by atomic mass is 35.5. The zero-order valence-corrected chi connectivity index (χ0v) is 13.5. The van der Waals surface area contributed by atoms with Crippen molar-refractivity contribution in [2.24, 2.45) is 0 Å². The van der Waals surface area contributed by atoms with Gasteiger partial charge in [0.05, 0.1) is 10.7 Å². The average Bonchev–Trinajstić information content (AvgIpc) is 2.38. The number of rotatable bonds is 4. The third-order valence-corrected chi connectivity index (χ3v) is 5.30. The lowest BCUT2D eigenvalue weighted by atomic mass is 10.1. The van der Waals surface area contributed by atoms with Gasteiger partial charge in [-0.05, 0) is 36.8 Å². The van der Waals surface area contributed by atoms with Gasteiger partial charge in [0, 0.05) is 11.1 Å². The van der Waals surface area contributed by atoms with Gasteiger partial charge in [0.1, 0.15) is 4.90 Å². The van der Waals surface area contributed by atoms with Gasteiger partial charge < -0.3 is 5.73 Å². The number of hydrogen-bond acceptors (Lipinski definition) is 3. The van der Waals surface area contributed by atoms with Crippen molar-refractivity contribution in [3.05, 3.63) is 58.1 Å². The van der Waals surface area contributed by atoms with Crippen LogP contribution in [0.3, 0.4) is 0 Å². The molecular weight excluding hydrogens is 331 g/mol. The summed E-state index contributed by atoms with van der Waals surface area (Å²) in [5, 5.41) is 0.676. The maximum Gasteiger partial charge on any atom is 0.244 e. The first kappa shape index (κ1) is 16.1. The summed E-state index contributed by atoms with van der Waals surface area (Å²) >= 11 is 11.8. The summed E-state index contributed by atoms with van der Waals surface area (Å²) in [4.78, 5) is -0.104. The summed E-state index contributed by atoms with van der Waals surface area (Å²) in [6.07, 6.45) is 0. The first-order valence-electron chi connectivity index (χ1n) is 6.13. The zero-order chi connectivity index (χ0) is 15.6. The van der Waals surface area contributed by atoms with Crippen molar-refractivity contribution < 1.29 is 8.42 Å². The van der Waals surface area contributed by atoms with Crippen LogP contribution in [0.1, 0.15) is 18.5 Å². The molecule has 0 spiro atoms. The standard InChI is InChI=1S/C14H14Cl2N2O2S/c1-9(10-5-7-11(15)8-6-10)18-21(19,20)14-12(16)3-2-4-13(14)17/h2-9,18H,17H2,1H3. The third-order valence-electron chi connectivity index (χ3n) is 2.97. The highest BCUT2D eigenvalue weighted by Gasteiger charge is 2.23. The summed E-state index contributed by atoms with van der Waals surface area (Å²) in [5.41, 5.74) is 6.62. The molecule has 0 aromatic heterocycles. The molecule has 0 bridgehead atoms. The van der Waals surface area contributed by atoms with E-state index in [2.05, 4.69) is 4.72 Å². The van der Waals surface area contributed by atoms with E-state index in [1.807, 2.05) is 0 Å². The van der Waals surface area contributed by atoms with E-state index in [1.54, 1.807) is 37.3 Å². The largest absolute Gasteiger partial charge is 0.398 e. The van der Waals surface area contributed by atoms with E-state index in [9.17, 15) is 8.42 Å². The molecular formula is C14H14Cl2N2O2S. The van der Waals surface area contributed by atoms with Crippen molar-refractivity contribution in [3.63, 3.8) is 0 Å². The molecule has 2 aromatic rings. The number of anilines is 1. The Morgan fingerprint density at radius 1 is 1.10 bits per heavy atom. The predicted octanol–water partition coefficient (Wildman–Crippen LogP) is 3.62. The number of sulfonamides is 1. The second-order valence-corrected chi connectivity index (χ2v) is 7.05. The van der Waals surface area contributed by atoms with Crippen LogP contribution in [0.2, 0.25) is 10.0 Å². The second kappa shape index (κ2) is 6.23. The lowest BCUT2D eigenvalue weighted by molar-refractivity contribution is 0.567. The van der Waals surface area contributed by atoms with Gasteiger partial charge >= 0.3 is 0 Å². The van der Waals surface area contributed by atoms with Crippen molar-refractivity contribution >= 4 is 38.9 Å². The maximum atomic E-state index is 12.4. The van der Waals surface area contributed by atoms with E-state index < -0.39 is 16.1 Å². The number of halogens is 2. The monoisotopic (exact) mass is 344 g/mol. The summed E-state index contributed by atoms with van der Waals surface area (Å²) < 4.78 is 27.4. The topological polar surface area (TPSA) is 72.2 Å². The minimum atomic E-state index is -3.82. The van der Waals surface area contributed by atoms with Gasteiger partial charge in [-0.25, -0.2) is 13.1 Å². The van der Waals surface area contributed by atoms with Crippen LogP contribution >= 0.6 is 23.2 Å². The van der Waals surface area contributed by atoms with Gasteiger partial charge in [0.15, 0.2) is 0 Å². The average molecular weight is 345 g/mol. The molecule has 0 saturated carbocycles. The Bertz CT molecular complexity index is 726. The van der Waals surface area contributed by atoms with Crippen LogP contribution in [0.5, 0.6) is 0 Å². The van der Waals surface area contributed by atoms with Crippen LogP contribution in [-0.2, 0) is 10.0 Å². The normalized spacial score (nSPS) is 13.1. The molecule has 0 fully saturated rings. The fraction of sp³-hybridized carbons (Fsp3) is 0.143. The number of benzene rings is 2. The van der Waals surface area contributed by atoms with Crippen LogP contribution in [0.4, 0.5) is 5.69 Å². The Balaban J connectivity index is 2.31. The van der Waals surface area contributed by atoms with Gasteiger partial charge in [-0.3, -0.25) is 0 Å². The molecule has 7 heteroatoms. The van der Waals surface area contributed by atoms with Gasteiger partial charge in [-0.1, -0.05) is 41.4 Å². The summed E-state index contributed by atoms with van der Waals surface area (Å²) in [6.45, 7) is 1.73. The second-order valence-electron chi connectivity index (χ2n) is 4.55. The predicted molar refractivity (Wildman–Crippen MR) is 86.1 cm³/mol. The van der Waals surface area contributed by atoms with E-state index in [4.69, 9.17) is 28.9 Å². The quantitative estimate of drug-likeness (QED) is 0.832. The molecule has 0 radical (unpaired) electrons. The Morgan fingerprint density at radius 2 is 1.71 bits per heavy atom. The van der Waals surface area contributed by atoms with E-state index in [1.165, 1.54) is 12.1 Å². The Labute approximate surface area is 133 Å². The number of nitrogens with two attached hydrogens (primary N) is 1. The lowest BCUT2D eigenvalue weighted by Gasteiger charge is -2.16. The highest BCUT2D eigenvalue weighted by Crippen LogP contribution is 2.28. The van der Waals surface area contributed by atoms with Crippen molar-refractivity contribution in [1.29, 1.82) is 0 Å². The molecule has 0 aliphatic carbocycles. The summed E-state index contributed by atoms with van der Waals surface area (Å²) in [6, 6.07) is 11.0. The molecule has 1 atom stereocenters. The van der Waals surface area contributed by atoms with Crippen LogP contribution in [0.25, 0.3) is 0 Å². The minimum absolute atomic E-state index is 0.0887. The van der Waals surface area contributed by atoms with Crippen molar-refractivity contribution in [2.45, 2.75) is 17.9 Å². The molecule has 0 amide bonds. The zero-order valence-electron chi connectivity index (χ0n) is 11.2. The smallest absolute Gasteiger partial charge is 0.244 e. The molecule has 0 heterocycles. The molecule has 1 unspecified atom stereocenters. The molecule has 2 aromatic carbocycles. The van der Waals surface area contributed by atoms with Crippen LogP contribution in [0, 0.1) is 0 Å². The van der Waals surface area contributed by atoms with Gasteiger partial charge in [0.2, 0.25) is 10.0 Å². The van der Waals surface area contributed by atoms with Crippen molar-refractivity contribution in [1.82, 2.24) is 4.72 Å². The molecule has 3 N–H and O–H groups in total. The van der Waals surface area contributed by atoms with Crippen molar-refractivity contribution in [2.75, 3.05) is 5.73 Å². The molecule has 0 saturated heterocycles. The molecule has 0 aliphatic rings. The fourth-order valence-electron chi connectivity index (χ4n) is 1.92. The maximum absolute atomic E-state index is 12.4. The van der Waals surface area contributed by atoms with Gasteiger partial charge in [0.25, 0.3) is 0 Å². The lowest BCUT2D eigenvalue weighted by Crippen LogP contribution is -2.27. The summed E-state index contributed by atoms with van der Waals surface area (Å²) in [7, 11) is -3.82. The first-order chi connectivity index (χ1) is 9.81. The number of hydrogen-bond donors (Lipinski definition) is 2. The van der Waals surface area contributed by atoms with E-state index >= 15 is 0 Å². The van der Waals surface area contributed by atoms with Crippen LogP contribution in [-0.4, -0.2) is 8.42 Å². The summed E-state index contributed by atoms with van der Waals surface area (Å²) in [5.74, 6) is 0. The fourth-order valence-corrected chi connectivity index (χ4v) is 3.96. The molecule has 21 heavy (non-hydrogen) atoms. The Kier molecular flexibility index (Phi) is 4.78. The molecule has 112 valence electrons. The van der Waals surface area contributed by atoms with E-state index in [0.29, 0.717) is 5.02 Å². The minimum Gasteiger partial charge on any atom is -0.398 e. The van der Waals surface area contributed by atoms with Crippen LogP contribution in [0.15, 0.2) is 47.4 Å². The molecule has 0 aliphatic heterocycles. The Hall–Kier alpha value is -1.27. The SMILES string of the molecule is CC(NS(=O)(=O)c1c(N)cccc1Cl)c1ccc(Cl)cc1. The van der Waals surface area contributed by atoms with E-state index in [-0.39, 0.29) is 15.6 Å². The molecule has 4 nitrogen and oxygen atoms in total. The van der Waals surface area contributed by atoms with Crippen LogP contribution < -0.4 is 10.5 Å². The van der Waals surface area contributed by atoms with Crippen molar-refractivity contribution in [3.8, 4) is 0 Å². The first-order valence-corrected chi connectivity index (χ1v) is 8.37. The third kappa shape index (κ3) is 3.68.